The maximum Gasteiger partial charge on any atom is 0.201 e. The molecule has 0 aliphatic rings. The van der Waals surface area contributed by atoms with Gasteiger partial charge in [0.2, 0.25) is 5.43 Å². The van der Waals surface area contributed by atoms with E-state index in [1.807, 2.05) is 13.0 Å². The van der Waals surface area contributed by atoms with Crippen molar-refractivity contribution < 1.29 is 9.52 Å². The van der Waals surface area contributed by atoms with Gasteiger partial charge in [-0.3, -0.25) is 4.79 Å². The van der Waals surface area contributed by atoms with Crippen molar-refractivity contribution in [3.8, 4) is 5.75 Å². The first-order valence-corrected chi connectivity index (χ1v) is 6.35. The van der Waals surface area contributed by atoms with Gasteiger partial charge in [0.15, 0.2) is 11.6 Å². The van der Waals surface area contributed by atoms with E-state index >= 15 is 0 Å². The topological polar surface area (TPSA) is 75.7 Å². The molecule has 0 aliphatic heterocycles. The first-order chi connectivity index (χ1) is 10.1. The molecule has 2 heterocycles. The Kier molecular flexibility index (Phi) is 3.23. The molecule has 0 atom stereocenters. The number of hydrogen-bond acceptors (Lipinski definition) is 5. The molecule has 0 amide bonds. The Morgan fingerprint density at radius 1 is 1.33 bits per heavy atom. The van der Waals surface area contributed by atoms with Crippen LogP contribution in [0.15, 0.2) is 57.0 Å². The van der Waals surface area contributed by atoms with Gasteiger partial charge in [0.1, 0.15) is 11.8 Å². The second kappa shape index (κ2) is 5.20. The minimum atomic E-state index is -0.167. The lowest BCUT2D eigenvalue weighted by atomic mass is 10.1. The fourth-order valence-corrected chi connectivity index (χ4v) is 1.97. The molecule has 0 unspecified atom stereocenters. The fourth-order valence-electron chi connectivity index (χ4n) is 1.97. The summed E-state index contributed by atoms with van der Waals surface area (Å²) in [6.45, 7) is 1.91. The van der Waals surface area contributed by atoms with E-state index in [4.69, 9.17) is 4.42 Å². The van der Waals surface area contributed by atoms with Crippen LogP contribution in [0, 0.1) is 6.92 Å². The molecule has 3 rings (SSSR count). The summed E-state index contributed by atoms with van der Waals surface area (Å²) in [4.78, 5) is 20.3. The zero-order valence-electron chi connectivity index (χ0n) is 11.3. The van der Waals surface area contributed by atoms with Gasteiger partial charge < -0.3 is 9.52 Å². The van der Waals surface area contributed by atoms with Gasteiger partial charge in [-0.25, -0.2) is 9.98 Å². The van der Waals surface area contributed by atoms with Crippen LogP contribution in [0.3, 0.4) is 0 Å². The lowest BCUT2D eigenvalue weighted by Crippen LogP contribution is -2.08. The Morgan fingerprint density at radius 2 is 2.19 bits per heavy atom. The van der Waals surface area contributed by atoms with Crippen molar-refractivity contribution in [2.45, 2.75) is 6.92 Å². The number of hydrogen-bond donors (Lipinski definition) is 1. The fraction of sp³-hybridized carbons (Fsp3) is 0.0625. The van der Waals surface area contributed by atoms with E-state index in [0.29, 0.717) is 16.5 Å². The molecule has 2 aromatic heterocycles. The number of nitrogens with zero attached hydrogens (tertiary/aromatic N) is 2. The summed E-state index contributed by atoms with van der Waals surface area (Å²) >= 11 is 0. The molecule has 0 fully saturated rings. The molecule has 0 saturated carbocycles. The third-order valence-corrected chi connectivity index (χ3v) is 3.05. The Bertz CT molecular complexity index is 897. The van der Waals surface area contributed by atoms with Crippen LogP contribution < -0.4 is 5.43 Å². The summed E-state index contributed by atoms with van der Waals surface area (Å²) in [5, 5.41) is 10.1. The molecular formula is C16H12N2O3. The summed E-state index contributed by atoms with van der Waals surface area (Å²) in [5.41, 5.74) is 1.65. The van der Waals surface area contributed by atoms with Crippen LogP contribution in [-0.4, -0.2) is 16.3 Å². The molecule has 0 aliphatic carbocycles. The van der Waals surface area contributed by atoms with Crippen molar-refractivity contribution in [3.05, 3.63) is 64.1 Å². The van der Waals surface area contributed by atoms with Crippen molar-refractivity contribution in [1.29, 1.82) is 0 Å². The van der Waals surface area contributed by atoms with Gasteiger partial charge in [-0.2, -0.15) is 0 Å². The van der Waals surface area contributed by atoms with Gasteiger partial charge in [0.25, 0.3) is 0 Å². The second-order valence-electron chi connectivity index (χ2n) is 4.62. The molecule has 21 heavy (non-hydrogen) atoms. The van der Waals surface area contributed by atoms with Gasteiger partial charge in [-0.05, 0) is 31.2 Å². The van der Waals surface area contributed by atoms with E-state index in [1.165, 1.54) is 24.7 Å². The average Bonchev–Trinajstić information content (AvgIpc) is 2.49. The summed E-state index contributed by atoms with van der Waals surface area (Å²) in [5.74, 6) is 0.107. The van der Waals surface area contributed by atoms with E-state index in [2.05, 4.69) is 9.98 Å². The Hall–Kier alpha value is -2.95. The average molecular weight is 280 g/mol. The number of fused-ring (bicyclic) bond motifs is 1. The van der Waals surface area contributed by atoms with Crippen LogP contribution in [-0.2, 0) is 0 Å². The van der Waals surface area contributed by atoms with Gasteiger partial charge in [0.05, 0.1) is 10.9 Å². The van der Waals surface area contributed by atoms with E-state index in [0.717, 1.165) is 5.56 Å². The summed E-state index contributed by atoms with van der Waals surface area (Å²) < 4.78 is 5.42. The number of aromatic nitrogens is 1. The molecule has 0 saturated heterocycles. The third kappa shape index (κ3) is 2.53. The highest BCUT2D eigenvalue weighted by Crippen LogP contribution is 2.21. The summed E-state index contributed by atoms with van der Waals surface area (Å²) in [7, 11) is 0. The first-order valence-electron chi connectivity index (χ1n) is 6.35. The van der Waals surface area contributed by atoms with Crippen LogP contribution in [0.25, 0.3) is 11.0 Å². The first kappa shape index (κ1) is 13.1. The number of rotatable bonds is 2. The number of benzene rings is 1. The lowest BCUT2D eigenvalue weighted by Gasteiger charge is -2.00. The summed E-state index contributed by atoms with van der Waals surface area (Å²) in [6, 6.07) is 8.49. The second-order valence-corrected chi connectivity index (χ2v) is 4.62. The molecule has 0 spiro atoms. The normalized spacial score (nSPS) is 11.3. The molecule has 1 N–H and O–H groups in total. The monoisotopic (exact) mass is 280 g/mol. The Balaban J connectivity index is 2.08. The zero-order chi connectivity index (χ0) is 14.8. The zero-order valence-corrected chi connectivity index (χ0v) is 11.3. The van der Waals surface area contributed by atoms with Crippen molar-refractivity contribution in [3.63, 3.8) is 0 Å². The molecule has 3 aromatic rings. The van der Waals surface area contributed by atoms with Gasteiger partial charge in [-0.1, -0.05) is 11.6 Å². The van der Waals surface area contributed by atoms with Crippen LogP contribution in [0.2, 0.25) is 0 Å². The van der Waals surface area contributed by atoms with E-state index < -0.39 is 0 Å². The van der Waals surface area contributed by atoms with E-state index in [-0.39, 0.29) is 17.0 Å². The minimum Gasteiger partial charge on any atom is -0.504 e. The standard InChI is InChI=1S/C16H12N2O3/c1-10-4-5-14-12(7-10)15(20)11(9-21-14)8-18-16-13(19)3-2-6-17-16/h2-9,19H,1H3/b18-8+. The van der Waals surface area contributed by atoms with Crippen molar-refractivity contribution in [2.75, 3.05) is 0 Å². The molecule has 5 nitrogen and oxygen atoms in total. The Labute approximate surface area is 120 Å². The van der Waals surface area contributed by atoms with Crippen molar-refractivity contribution >= 4 is 23.0 Å². The number of aromatic hydroxyl groups is 1. The van der Waals surface area contributed by atoms with Crippen LogP contribution in [0.4, 0.5) is 5.82 Å². The molecule has 0 bridgehead atoms. The minimum absolute atomic E-state index is 0.0465. The van der Waals surface area contributed by atoms with Crippen molar-refractivity contribution in [2.24, 2.45) is 4.99 Å². The van der Waals surface area contributed by atoms with Gasteiger partial charge in [-0.15, -0.1) is 0 Å². The maximum atomic E-state index is 12.4. The van der Waals surface area contributed by atoms with Crippen LogP contribution in [0.5, 0.6) is 5.75 Å². The molecule has 0 radical (unpaired) electrons. The number of pyridine rings is 1. The predicted octanol–water partition coefficient (Wildman–Crippen LogP) is 2.95. The molecule has 104 valence electrons. The highest BCUT2D eigenvalue weighted by atomic mass is 16.3. The SMILES string of the molecule is Cc1ccc2occ(/C=N/c3ncccc3O)c(=O)c2c1. The van der Waals surface area contributed by atoms with Crippen LogP contribution in [0.1, 0.15) is 11.1 Å². The van der Waals surface area contributed by atoms with Crippen LogP contribution >= 0.6 is 0 Å². The van der Waals surface area contributed by atoms with E-state index in [1.54, 1.807) is 18.2 Å². The number of aliphatic imine (C=N–C) groups is 1. The molecule has 5 heteroatoms. The highest BCUT2D eigenvalue weighted by molar-refractivity contribution is 5.87. The summed E-state index contributed by atoms with van der Waals surface area (Å²) in [6.07, 6.45) is 4.21. The highest BCUT2D eigenvalue weighted by Gasteiger charge is 2.06. The lowest BCUT2D eigenvalue weighted by molar-refractivity contribution is 0.474. The smallest absolute Gasteiger partial charge is 0.201 e. The van der Waals surface area contributed by atoms with Gasteiger partial charge in [0, 0.05) is 12.4 Å². The third-order valence-electron chi connectivity index (χ3n) is 3.05. The van der Waals surface area contributed by atoms with E-state index in [9.17, 15) is 9.90 Å². The molecule has 1 aromatic carbocycles. The Morgan fingerprint density at radius 3 is 3.00 bits per heavy atom. The predicted molar refractivity (Wildman–Crippen MR) is 80.4 cm³/mol. The molecular weight excluding hydrogens is 268 g/mol. The largest absolute Gasteiger partial charge is 0.504 e. The number of aryl methyl sites for hydroxylation is 1. The maximum absolute atomic E-state index is 12.4. The van der Waals surface area contributed by atoms with Gasteiger partial charge >= 0.3 is 0 Å². The quantitative estimate of drug-likeness (QED) is 0.732. The van der Waals surface area contributed by atoms with Crippen molar-refractivity contribution in [1.82, 2.24) is 4.98 Å².